The first-order chi connectivity index (χ1) is 6.07. The van der Waals surface area contributed by atoms with Gasteiger partial charge in [0.25, 0.3) is 0 Å². The zero-order valence-electron chi connectivity index (χ0n) is 7.30. The Hall–Kier alpha value is -1.58. The van der Waals surface area contributed by atoms with Gasteiger partial charge in [-0.1, -0.05) is 0 Å². The van der Waals surface area contributed by atoms with Crippen LogP contribution in [0.15, 0.2) is 12.1 Å². The lowest BCUT2D eigenvalue weighted by Gasteiger charge is -2.07. The summed E-state index contributed by atoms with van der Waals surface area (Å²) in [5.74, 6) is -1.65. The molecular weight excluding hydrogens is 175 g/mol. The molecule has 0 aliphatic rings. The van der Waals surface area contributed by atoms with Crippen LogP contribution in [0, 0.1) is 12.7 Å². The molecule has 0 heterocycles. The molecule has 0 radical (unpaired) electrons. The van der Waals surface area contributed by atoms with Gasteiger partial charge in [-0.25, -0.2) is 9.18 Å². The van der Waals surface area contributed by atoms with Gasteiger partial charge in [-0.15, -0.1) is 0 Å². The second-order valence-corrected chi connectivity index (χ2v) is 2.56. The minimum atomic E-state index is -1.09. The van der Waals surface area contributed by atoms with Crippen LogP contribution in [0.5, 0.6) is 5.75 Å². The second kappa shape index (κ2) is 3.43. The summed E-state index contributed by atoms with van der Waals surface area (Å²) in [7, 11) is 1.30. The van der Waals surface area contributed by atoms with Gasteiger partial charge < -0.3 is 9.84 Å². The molecule has 0 unspecified atom stereocenters. The van der Waals surface area contributed by atoms with Crippen molar-refractivity contribution >= 4 is 5.97 Å². The topological polar surface area (TPSA) is 46.5 Å². The second-order valence-electron chi connectivity index (χ2n) is 2.56. The molecule has 0 fully saturated rings. The predicted octanol–water partition coefficient (Wildman–Crippen LogP) is 1.84. The molecule has 0 aliphatic carbocycles. The van der Waals surface area contributed by atoms with Gasteiger partial charge in [0.2, 0.25) is 0 Å². The number of benzene rings is 1. The van der Waals surface area contributed by atoms with Crippen LogP contribution in [0.2, 0.25) is 0 Å². The van der Waals surface area contributed by atoms with E-state index in [0.29, 0.717) is 5.56 Å². The Balaban J connectivity index is 3.35. The van der Waals surface area contributed by atoms with Crippen LogP contribution in [0.4, 0.5) is 4.39 Å². The molecular formula is C9H9FO3. The lowest BCUT2D eigenvalue weighted by atomic mass is 10.1. The number of carboxylic acids is 1. The third-order valence-corrected chi connectivity index (χ3v) is 1.79. The summed E-state index contributed by atoms with van der Waals surface area (Å²) in [6.07, 6.45) is 0. The molecule has 0 aliphatic heterocycles. The van der Waals surface area contributed by atoms with Gasteiger partial charge >= 0.3 is 5.97 Å². The van der Waals surface area contributed by atoms with E-state index in [-0.39, 0.29) is 11.3 Å². The standard InChI is InChI=1S/C9H9FO3/c1-5-6(9(11)12)3-4-7(10)8(5)13-2/h3-4H,1-2H3,(H,11,12). The average molecular weight is 184 g/mol. The van der Waals surface area contributed by atoms with Gasteiger partial charge in [0.15, 0.2) is 11.6 Å². The minimum absolute atomic E-state index is 0.0140. The number of carbonyl (C=O) groups is 1. The van der Waals surface area contributed by atoms with E-state index >= 15 is 0 Å². The maximum atomic E-state index is 13.0. The molecule has 70 valence electrons. The highest BCUT2D eigenvalue weighted by Gasteiger charge is 2.14. The number of carboxylic acid groups (broad SMARTS) is 1. The summed E-state index contributed by atoms with van der Waals surface area (Å²) in [5.41, 5.74) is 0.355. The Morgan fingerprint density at radius 3 is 2.62 bits per heavy atom. The van der Waals surface area contributed by atoms with Crippen molar-refractivity contribution in [1.82, 2.24) is 0 Å². The highest BCUT2D eigenvalue weighted by Crippen LogP contribution is 2.24. The van der Waals surface area contributed by atoms with Crippen molar-refractivity contribution in [3.8, 4) is 5.75 Å². The lowest BCUT2D eigenvalue weighted by molar-refractivity contribution is 0.0695. The normalized spacial score (nSPS) is 9.77. The first kappa shape index (κ1) is 9.51. The molecule has 0 spiro atoms. The van der Waals surface area contributed by atoms with Crippen molar-refractivity contribution in [3.63, 3.8) is 0 Å². The number of halogens is 1. The summed E-state index contributed by atoms with van der Waals surface area (Å²) in [6, 6.07) is 2.30. The third-order valence-electron chi connectivity index (χ3n) is 1.79. The lowest BCUT2D eigenvalue weighted by Crippen LogP contribution is -2.02. The number of rotatable bonds is 2. The fraction of sp³-hybridized carbons (Fsp3) is 0.222. The van der Waals surface area contributed by atoms with Crippen molar-refractivity contribution in [2.75, 3.05) is 7.11 Å². The fourth-order valence-corrected chi connectivity index (χ4v) is 1.14. The van der Waals surface area contributed by atoms with Gasteiger partial charge in [0.1, 0.15) is 0 Å². The molecule has 0 bridgehead atoms. The number of aromatic carboxylic acids is 1. The SMILES string of the molecule is COc1c(F)ccc(C(=O)O)c1C. The van der Waals surface area contributed by atoms with Gasteiger partial charge in [0, 0.05) is 5.56 Å². The summed E-state index contributed by atoms with van der Waals surface area (Å²) < 4.78 is 17.7. The molecule has 13 heavy (non-hydrogen) atoms. The van der Waals surface area contributed by atoms with Crippen molar-refractivity contribution in [2.45, 2.75) is 6.92 Å². The maximum Gasteiger partial charge on any atom is 0.336 e. The van der Waals surface area contributed by atoms with E-state index < -0.39 is 11.8 Å². The van der Waals surface area contributed by atoms with Crippen LogP contribution in [0.3, 0.4) is 0 Å². The van der Waals surface area contributed by atoms with E-state index in [0.717, 1.165) is 6.07 Å². The van der Waals surface area contributed by atoms with Gasteiger partial charge in [-0.3, -0.25) is 0 Å². The van der Waals surface area contributed by atoms with Crippen LogP contribution in [-0.4, -0.2) is 18.2 Å². The highest BCUT2D eigenvalue weighted by molar-refractivity contribution is 5.90. The zero-order chi connectivity index (χ0) is 10.0. The molecule has 0 saturated heterocycles. The summed E-state index contributed by atoms with van der Waals surface area (Å²) in [4.78, 5) is 10.6. The quantitative estimate of drug-likeness (QED) is 0.762. The Morgan fingerprint density at radius 2 is 2.15 bits per heavy atom. The van der Waals surface area contributed by atoms with Gasteiger partial charge in [-0.2, -0.15) is 0 Å². The van der Waals surface area contributed by atoms with E-state index in [1.54, 1.807) is 0 Å². The van der Waals surface area contributed by atoms with E-state index in [4.69, 9.17) is 9.84 Å². The molecule has 3 nitrogen and oxygen atoms in total. The van der Waals surface area contributed by atoms with Gasteiger partial charge in [-0.05, 0) is 19.1 Å². The first-order valence-electron chi connectivity index (χ1n) is 3.64. The molecule has 0 aromatic heterocycles. The largest absolute Gasteiger partial charge is 0.493 e. The Kier molecular flexibility index (Phi) is 2.51. The summed E-state index contributed by atoms with van der Waals surface area (Å²) in [6.45, 7) is 1.51. The molecule has 0 saturated carbocycles. The number of ether oxygens (including phenoxy) is 1. The molecule has 1 aromatic carbocycles. The van der Waals surface area contributed by atoms with Crippen LogP contribution in [0.25, 0.3) is 0 Å². The molecule has 1 rings (SSSR count). The molecule has 4 heteroatoms. The number of methoxy groups -OCH3 is 1. The van der Waals surface area contributed by atoms with Crippen LogP contribution < -0.4 is 4.74 Å². The van der Waals surface area contributed by atoms with Crippen molar-refractivity contribution in [3.05, 3.63) is 29.1 Å². The summed E-state index contributed by atoms with van der Waals surface area (Å²) >= 11 is 0. The molecule has 0 atom stereocenters. The fourth-order valence-electron chi connectivity index (χ4n) is 1.14. The highest BCUT2D eigenvalue weighted by atomic mass is 19.1. The average Bonchev–Trinajstić information content (AvgIpc) is 2.04. The third kappa shape index (κ3) is 1.61. The van der Waals surface area contributed by atoms with Crippen LogP contribution in [0.1, 0.15) is 15.9 Å². The number of hydrogen-bond donors (Lipinski definition) is 1. The Labute approximate surface area is 74.8 Å². The van der Waals surface area contributed by atoms with Crippen LogP contribution >= 0.6 is 0 Å². The van der Waals surface area contributed by atoms with E-state index in [9.17, 15) is 9.18 Å². The Morgan fingerprint density at radius 1 is 1.54 bits per heavy atom. The summed E-state index contributed by atoms with van der Waals surface area (Å²) in [5, 5.41) is 8.70. The Bertz CT molecular complexity index is 347. The monoisotopic (exact) mass is 184 g/mol. The van der Waals surface area contributed by atoms with Gasteiger partial charge in [0.05, 0.1) is 12.7 Å². The maximum absolute atomic E-state index is 13.0. The molecule has 1 aromatic rings. The molecule has 0 amide bonds. The minimum Gasteiger partial charge on any atom is -0.493 e. The molecule has 1 N–H and O–H groups in total. The van der Waals surface area contributed by atoms with Crippen molar-refractivity contribution in [1.29, 1.82) is 0 Å². The number of hydrogen-bond acceptors (Lipinski definition) is 2. The first-order valence-corrected chi connectivity index (χ1v) is 3.64. The van der Waals surface area contributed by atoms with E-state index in [1.165, 1.54) is 20.1 Å². The van der Waals surface area contributed by atoms with Crippen molar-refractivity contribution < 1.29 is 19.0 Å². The smallest absolute Gasteiger partial charge is 0.336 e. The van der Waals surface area contributed by atoms with Crippen LogP contribution in [-0.2, 0) is 0 Å². The predicted molar refractivity (Wildman–Crippen MR) is 44.6 cm³/mol. The van der Waals surface area contributed by atoms with E-state index in [1.807, 2.05) is 0 Å². The van der Waals surface area contributed by atoms with E-state index in [2.05, 4.69) is 0 Å². The van der Waals surface area contributed by atoms with Crippen molar-refractivity contribution in [2.24, 2.45) is 0 Å². The zero-order valence-corrected chi connectivity index (χ0v) is 7.30.